The lowest BCUT2D eigenvalue weighted by atomic mass is 10.8. The Hall–Kier alpha value is 0.360. The number of rotatable bonds is 7. The minimum absolute atomic E-state index is 0.174. The van der Waals surface area contributed by atoms with Gasteiger partial charge in [0.15, 0.2) is 0 Å². The highest BCUT2D eigenvalue weighted by molar-refractivity contribution is 7.55. The van der Waals surface area contributed by atoms with Crippen LogP contribution < -0.4 is 11.5 Å². The fraction of sp³-hybridized carbons (Fsp3) is 1.00. The van der Waals surface area contributed by atoms with E-state index in [1.54, 1.807) is 0 Å². The zero-order chi connectivity index (χ0) is 9.45. The van der Waals surface area contributed by atoms with Crippen molar-refractivity contribution >= 4 is 19.2 Å². The van der Waals surface area contributed by atoms with Crippen molar-refractivity contribution in [2.24, 2.45) is 11.5 Å². The summed E-state index contributed by atoms with van der Waals surface area (Å²) in [5.41, 5.74) is 10.1. The Morgan fingerprint density at radius 1 is 1.17 bits per heavy atom. The third kappa shape index (κ3) is 5.09. The Kier molecular flexibility index (Phi) is 7.04. The minimum Gasteiger partial charge on any atom is -0.328 e. The maximum Gasteiger partial charge on any atom is 0.345 e. The molecule has 0 amide bonds. The number of nitrogens with two attached hydrogens (primary N) is 2. The van der Waals surface area contributed by atoms with Gasteiger partial charge in [0.2, 0.25) is 0 Å². The summed E-state index contributed by atoms with van der Waals surface area (Å²) >= 11 is 5.39. The number of hydrogen-bond acceptors (Lipinski definition) is 5. The van der Waals surface area contributed by atoms with Crippen LogP contribution in [0.15, 0.2) is 0 Å². The fourth-order valence-electron chi connectivity index (χ4n) is 0.490. The molecule has 0 saturated carbocycles. The average molecular weight is 217 g/mol. The molecule has 5 nitrogen and oxygen atoms in total. The molecule has 0 fully saturated rings. The van der Waals surface area contributed by atoms with Crippen LogP contribution in [0.2, 0.25) is 0 Å². The highest BCUT2D eigenvalue weighted by atomic mass is 35.5. The molecule has 12 heavy (non-hydrogen) atoms. The van der Waals surface area contributed by atoms with E-state index >= 15 is 0 Å². The van der Waals surface area contributed by atoms with Crippen molar-refractivity contribution < 1.29 is 13.6 Å². The molecule has 0 bridgehead atoms. The lowest BCUT2D eigenvalue weighted by molar-refractivity contribution is 0.216. The third-order valence-electron chi connectivity index (χ3n) is 0.958. The van der Waals surface area contributed by atoms with E-state index in [1.165, 1.54) is 0 Å². The topological polar surface area (TPSA) is 87.6 Å². The van der Waals surface area contributed by atoms with Crippen molar-refractivity contribution in [3.8, 4) is 0 Å². The lowest BCUT2D eigenvalue weighted by Crippen LogP contribution is -2.12. The van der Waals surface area contributed by atoms with Gasteiger partial charge < -0.3 is 20.5 Å². The minimum atomic E-state index is -3.13. The van der Waals surface area contributed by atoms with E-state index < -0.39 is 7.60 Å². The SMILES string of the molecule is NCCOP(=O)(CCl)OCCN. The lowest BCUT2D eigenvalue weighted by Gasteiger charge is -2.14. The second kappa shape index (κ2) is 6.83. The second-order valence-electron chi connectivity index (χ2n) is 1.97. The van der Waals surface area contributed by atoms with E-state index in [2.05, 4.69) is 0 Å². The van der Waals surface area contributed by atoms with Gasteiger partial charge in [-0.3, -0.25) is 4.57 Å². The molecule has 0 rings (SSSR count). The van der Waals surface area contributed by atoms with Crippen LogP contribution in [0.25, 0.3) is 0 Å². The summed E-state index contributed by atoms with van der Waals surface area (Å²) in [5.74, 6) is 0. The van der Waals surface area contributed by atoms with Gasteiger partial charge in [-0.25, -0.2) is 0 Å². The Morgan fingerprint density at radius 2 is 1.58 bits per heavy atom. The highest BCUT2D eigenvalue weighted by Gasteiger charge is 2.22. The smallest absolute Gasteiger partial charge is 0.328 e. The van der Waals surface area contributed by atoms with Gasteiger partial charge in [-0.15, -0.1) is 11.6 Å². The van der Waals surface area contributed by atoms with E-state index in [-0.39, 0.29) is 31.9 Å². The van der Waals surface area contributed by atoms with Gasteiger partial charge in [0.25, 0.3) is 0 Å². The Bertz CT molecular complexity index is 146. The Morgan fingerprint density at radius 3 is 1.83 bits per heavy atom. The summed E-state index contributed by atoms with van der Waals surface area (Å²) in [6, 6.07) is 0. The van der Waals surface area contributed by atoms with Crippen molar-refractivity contribution in [2.45, 2.75) is 0 Å². The number of alkyl halides is 1. The van der Waals surface area contributed by atoms with Gasteiger partial charge in [-0.05, 0) is 0 Å². The second-order valence-corrected chi connectivity index (χ2v) is 4.67. The summed E-state index contributed by atoms with van der Waals surface area (Å²) in [7, 11) is -3.13. The zero-order valence-electron chi connectivity index (χ0n) is 6.74. The third-order valence-corrected chi connectivity index (χ3v) is 3.28. The predicted molar refractivity (Wildman–Crippen MR) is 48.3 cm³/mol. The fourth-order valence-corrected chi connectivity index (χ4v) is 1.88. The molecule has 0 aromatic rings. The van der Waals surface area contributed by atoms with Crippen LogP contribution in [0.5, 0.6) is 0 Å². The van der Waals surface area contributed by atoms with E-state index in [0.29, 0.717) is 0 Å². The summed E-state index contributed by atoms with van der Waals surface area (Å²) < 4.78 is 21.1. The van der Waals surface area contributed by atoms with Crippen molar-refractivity contribution in [2.75, 3.05) is 31.9 Å². The molecule has 0 aliphatic rings. The molecule has 0 atom stereocenters. The molecule has 0 saturated heterocycles. The van der Waals surface area contributed by atoms with Crippen LogP contribution >= 0.6 is 19.2 Å². The predicted octanol–water partition coefficient (Wildman–Crippen LogP) is 0.326. The first-order valence-corrected chi connectivity index (χ1v) is 5.79. The molecule has 4 N–H and O–H groups in total. The molecule has 0 heterocycles. The van der Waals surface area contributed by atoms with Crippen LogP contribution in [0.3, 0.4) is 0 Å². The van der Waals surface area contributed by atoms with Crippen LogP contribution in [-0.4, -0.2) is 31.9 Å². The first-order valence-electron chi connectivity index (χ1n) is 3.53. The van der Waals surface area contributed by atoms with E-state index in [9.17, 15) is 4.57 Å². The molecule has 7 heteroatoms. The summed E-state index contributed by atoms with van der Waals surface area (Å²) in [6.07, 6.45) is 0. The van der Waals surface area contributed by atoms with Crippen molar-refractivity contribution in [3.05, 3.63) is 0 Å². The molecule has 0 radical (unpaired) electrons. The van der Waals surface area contributed by atoms with E-state index in [4.69, 9.17) is 32.1 Å². The van der Waals surface area contributed by atoms with Crippen LogP contribution in [-0.2, 0) is 13.6 Å². The molecule has 0 unspecified atom stereocenters. The maximum absolute atomic E-state index is 11.4. The van der Waals surface area contributed by atoms with Crippen LogP contribution in [0, 0.1) is 0 Å². The van der Waals surface area contributed by atoms with Crippen molar-refractivity contribution in [1.82, 2.24) is 0 Å². The molecular weight excluding hydrogens is 202 g/mol. The van der Waals surface area contributed by atoms with Gasteiger partial charge in [0.1, 0.15) is 5.62 Å². The van der Waals surface area contributed by atoms with Crippen LogP contribution in [0.4, 0.5) is 0 Å². The molecule has 0 aliphatic carbocycles. The highest BCUT2D eigenvalue weighted by Crippen LogP contribution is 2.48. The Labute approximate surface area is 76.9 Å². The van der Waals surface area contributed by atoms with Crippen molar-refractivity contribution in [1.29, 1.82) is 0 Å². The molecule has 0 aliphatic heterocycles. The zero-order valence-corrected chi connectivity index (χ0v) is 8.39. The molecule has 0 aromatic heterocycles. The molecule has 74 valence electrons. The molecule has 0 aromatic carbocycles. The number of hydrogen-bond donors (Lipinski definition) is 2. The van der Waals surface area contributed by atoms with Gasteiger partial charge >= 0.3 is 7.60 Å². The van der Waals surface area contributed by atoms with E-state index in [0.717, 1.165) is 0 Å². The molecule has 0 spiro atoms. The normalized spacial score (nSPS) is 11.9. The molecular formula is C5H14ClN2O3P. The van der Waals surface area contributed by atoms with Gasteiger partial charge in [-0.1, -0.05) is 0 Å². The quantitative estimate of drug-likeness (QED) is 0.473. The first-order chi connectivity index (χ1) is 5.68. The maximum atomic E-state index is 11.4. The van der Waals surface area contributed by atoms with Gasteiger partial charge in [-0.2, -0.15) is 0 Å². The Balaban J connectivity index is 3.79. The summed E-state index contributed by atoms with van der Waals surface area (Å²) in [5, 5.41) is 0. The largest absolute Gasteiger partial charge is 0.345 e. The van der Waals surface area contributed by atoms with Crippen LogP contribution in [0.1, 0.15) is 0 Å². The number of halogens is 1. The van der Waals surface area contributed by atoms with E-state index in [1.807, 2.05) is 0 Å². The van der Waals surface area contributed by atoms with Gasteiger partial charge in [0, 0.05) is 13.1 Å². The summed E-state index contributed by atoms with van der Waals surface area (Å²) in [4.78, 5) is 0. The summed E-state index contributed by atoms with van der Waals surface area (Å²) in [6.45, 7) is 0.920. The first kappa shape index (κ1) is 12.4. The standard InChI is InChI=1S/C5H14ClN2O3P/c6-5-12(9,10-3-1-7)11-4-2-8/h1-5,7-8H2. The monoisotopic (exact) mass is 216 g/mol. The van der Waals surface area contributed by atoms with Gasteiger partial charge in [0.05, 0.1) is 13.2 Å². The average Bonchev–Trinajstić information content (AvgIpc) is 2.11. The van der Waals surface area contributed by atoms with Crippen molar-refractivity contribution in [3.63, 3.8) is 0 Å².